The standard InChI is InChI=1S/C22H23N3O2S/c1-13-2-4-14(5-3-13)11-23-21(26)18-15-6-7-16(10-15)19(18)22-24-20(25-27-22)17-8-9-28-12-17/h2-5,8-9,12,15-16,18-19H,6-7,10-11H2,1H3,(H,23,26)/t15-,16+,18-,19-/m0/s1. The molecule has 4 atom stereocenters. The highest BCUT2D eigenvalue weighted by Gasteiger charge is 2.53. The monoisotopic (exact) mass is 393 g/mol. The van der Waals surface area contributed by atoms with E-state index in [1.807, 2.05) is 16.8 Å². The van der Waals surface area contributed by atoms with E-state index in [1.54, 1.807) is 11.3 Å². The van der Waals surface area contributed by atoms with Gasteiger partial charge in [0, 0.05) is 17.5 Å². The molecule has 2 aliphatic carbocycles. The van der Waals surface area contributed by atoms with Gasteiger partial charge in [-0.2, -0.15) is 16.3 Å². The van der Waals surface area contributed by atoms with Gasteiger partial charge in [-0.1, -0.05) is 35.0 Å². The summed E-state index contributed by atoms with van der Waals surface area (Å²) >= 11 is 1.61. The highest BCUT2D eigenvalue weighted by molar-refractivity contribution is 7.08. The molecule has 2 saturated carbocycles. The van der Waals surface area contributed by atoms with Gasteiger partial charge in [0.15, 0.2) is 0 Å². The Morgan fingerprint density at radius 2 is 2.04 bits per heavy atom. The van der Waals surface area contributed by atoms with E-state index in [-0.39, 0.29) is 17.7 Å². The second kappa shape index (κ2) is 7.17. The lowest BCUT2D eigenvalue weighted by Gasteiger charge is -2.27. The second-order valence-corrected chi connectivity index (χ2v) is 8.84. The van der Waals surface area contributed by atoms with E-state index in [1.165, 1.54) is 5.56 Å². The number of nitrogens with one attached hydrogen (secondary N) is 1. The Balaban J connectivity index is 1.34. The van der Waals surface area contributed by atoms with Crippen LogP contribution in [0.1, 0.15) is 42.2 Å². The molecule has 0 aliphatic heterocycles. The molecule has 5 nitrogen and oxygen atoms in total. The number of aryl methyl sites for hydroxylation is 1. The third kappa shape index (κ3) is 3.15. The molecule has 6 heteroatoms. The van der Waals surface area contributed by atoms with Crippen LogP contribution in [0.3, 0.4) is 0 Å². The first-order valence-electron chi connectivity index (χ1n) is 9.88. The summed E-state index contributed by atoms with van der Waals surface area (Å²) < 4.78 is 5.64. The SMILES string of the molecule is Cc1ccc(CNC(=O)[C@H]2[C@H]3CC[C@H](C3)[C@@H]2c2nc(-c3ccsc3)no2)cc1. The number of nitrogens with zero attached hydrogens (tertiary/aromatic N) is 2. The van der Waals surface area contributed by atoms with Crippen LogP contribution >= 0.6 is 11.3 Å². The van der Waals surface area contributed by atoms with E-state index >= 15 is 0 Å². The van der Waals surface area contributed by atoms with Crippen molar-refractivity contribution in [3.05, 3.63) is 58.1 Å². The molecular formula is C22H23N3O2S. The van der Waals surface area contributed by atoms with Crippen molar-refractivity contribution in [2.24, 2.45) is 17.8 Å². The number of hydrogen-bond acceptors (Lipinski definition) is 5. The fourth-order valence-corrected chi connectivity index (χ4v) is 5.55. The van der Waals surface area contributed by atoms with Crippen LogP contribution in [0.4, 0.5) is 0 Å². The first kappa shape index (κ1) is 17.6. The highest BCUT2D eigenvalue weighted by Crippen LogP contribution is 2.56. The molecule has 1 aromatic carbocycles. The number of amides is 1. The number of thiophene rings is 1. The van der Waals surface area contributed by atoms with Crippen LogP contribution in [0.15, 0.2) is 45.6 Å². The fraction of sp³-hybridized carbons (Fsp3) is 0.409. The quantitative estimate of drug-likeness (QED) is 0.690. The summed E-state index contributed by atoms with van der Waals surface area (Å²) in [5.41, 5.74) is 3.32. The lowest BCUT2D eigenvalue weighted by molar-refractivity contribution is -0.127. The molecule has 2 fully saturated rings. The molecule has 5 rings (SSSR count). The summed E-state index contributed by atoms with van der Waals surface area (Å²) in [6.45, 7) is 2.63. The van der Waals surface area contributed by atoms with Gasteiger partial charge in [-0.15, -0.1) is 0 Å². The Labute approximate surface area is 168 Å². The van der Waals surface area contributed by atoms with Crippen LogP contribution in [0.25, 0.3) is 11.4 Å². The number of aromatic nitrogens is 2. The van der Waals surface area contributed by atoms with Crippen LogP contribution in [-0.2, 0) is 11.3 Å². The van der Waals surface area contributed by atoms with Gasteiger partial charge < -0.3 is 9.84 Å². The minimum atomic E-state index is -0.0695. The van der Waals surface area contributed by atoms with Crippen LogP contribution in [0.2, 0.25) is 0 Å². The molecule has 0 unspecified atom stereocenters. The van der Waals surface area contributed by atoms with Gasteiger partial charge in [0.05, 0.1) is 11.8 Å². The van der Waals surface area contributed by atoms with E-state index in [9.17, 15) is 4.79 Å². The van der Waals surface area contributed by atoms with E-state index in [0.29, 0.717) is 30.1 Å². The van der Waals surface area contributed by atoms with Crippen molar-refractivity contribution in [2.75, 3.05) is 0 Å². The van der Waals surface area contributed by atoms with Gasteiger partial charge in [-0.05, 0) is 55.0 Å². The number of hydrogen-bond donors (Lipinski definition) is 1. The molecule has 2 bridgehead atoms. The zero-order valence-corrected chi connectivity index (χ0v) is 16.6. The van der Waals surface area contributed by atoms with Gasteiger partial charge in [-0.25, -0.2) is 0 Å². The summed E-state index contributed by atoms with van der Waals surface area (Å²) in [5, 5.41) is 11.3. The third-order valence-electron chi connectivity index (χ3n) is 6.31. The lowest BCUT2D eigenvalue weighted by Crippen LogP contribution is -2.37. The van der Waals surface area contributed by atoms with Crippen molar-refractivity contribution in [1.82, 2.24) is 15.5 Å². The van der Waals surface area contributed by atoms with Crippen molar-refractivity contribution < 1.29 is 9.32 Å². The minimum Gasteiger partial charge on any atom is -0.352 e. The van der Waals surface area contributed by atoms with E-state index < -0.39 is 0 Å². The molecule has 1 N–H and O–H groups in total. The topological polar surface area (TPSA) is 68.0 Å². The summed E-state index contributed by atoms with van der Waals surface area (Å²) in [6.07, 6.45) is 3.35. The van der Waals surface area contributed by atoms with E-state index in [2.05, 4.69) is 46.6 Å². The molecule has 3 aromatic rings. The lowest BCUT2D eigenvalue weighted by atomic mass is 9.78. The van der Waals surface area contributed by atoms with Crippen LogP contribution in [-0.4, -0.2) is 16.0 Å². The van der Waals surface area contributed by atoms with Gasteiger partial charge in [0.2, 0.25) is 17.6 Å². The molecular weight excluding hydrogens is 370 g/mol. The van der Waals surface area contributed by atoms with Crippen molar-refractivity contribution in [2.45, 2.75) is 38.6 Å². The Hall–Kier alpha value is -2.47. The number of fused-ring (bicyclic) bond motifs is 2. The van der Waals surface area contributed by atoms with Crippen molar-refractivity contribution in [1.29, 1.82) is 0 Å². The summed E-state index contributed by atoms with van der Waals surface area (Å²) in [4.78, 5) is 17.8. The summed E-state index contributed by atoms with van der Waals surface area (Å²) in [6, 6.07) is 10.3. The minimum absolute atomic E-state index is 0.0386. The van der Waals surface area contributed by atoms with E-state index in [4.69, 9.17) is 4.52 Å². The molecule has 2 aliphatic rings. The van der Waals surface area contributed by atoms with Gasteiger partial charge in [0.25, 0.3) is 0 Å². The maximum atomic E-state index is 13.1. The fourth-order valence-electron chi connectivity index (χ4n) is 4.92. The molecule has 1 amide bonds. The first-order chi connectivity index (χ1) is 13.7. The van der Waals surface area contributed by atoms with Gasteiger partial charge in [-0.3, -0.25) is 4.79 Å². The van der Waals surface area contributed by atoms with Crippen LogP contribution < -0.4 is 5.32 Å². The Morgan fingerprint density at radius 1 is 1.21 bits per heavy atom. The maximum Gasteiger partial charge on any atom is 0.231 e. The van der Waals surface area contributed by atoms with Crippen molar-refractivity contribution in [3.63, 3.8) is 0 Å². The Morgan fingerprint density at radius 3 is 2.82 bits per heavy atom. The van der Waals surface area contributed by atoms with E-state index in [0.717, 1.165) is 30.4 Å². The number of rotatable bonds is 5. The second-order valence-electron chi connectivity index (χ2n) is 8.06. The molecule has 28 heavy (non-hydrogen) atoms. The molecule has 0 spiro atoms. The largest absolute Gasteiger partial charge is 0.352 e. The third-order valence-corrected chi connectivity index (χ3v) is 7.00. The van der Waals surface area contributed by atoms with Crippen LogP contribution in [0.5, 0.6) is 0 Å². The zero-order valence-electron chi connectivity index (χ0n) is 15.8. The first-order valence-corrected chi connectivity index (χ1v) is 10.8. The highest BCUT2D eigenvalue weighted by atomic mass is 32.1. The predicted octanol–water partition coefficient (Wildman–Crippen LogP) is 4.55. The maximum absolute atomic E-state index is 13.1. The van der Waals surface area contributed by atoms with Crippen LogP contribution in [0, 0.1) is 24.7 Å². The van der Waals surface area contributed by atoms with Crippen molar-refractivity contribution in [3.8, 4) is 11.4 Å². The van der Waals surface area contributed by atoms with Gasteiger partial charge >= 0.3 is 0 Å². The number of carbonyl (C=O) groups is 1. The molecule has 2 heterocycles. The van der Waals surface area contributed by atoms with Gasteiger partial charge in [0.1, 0.15) is 0 Å². The summed E-state index contributed by atoms with van der Waals surface area (Å²) in [7, 11) is 0. The average Bonchev–Trinajstić information content (AvgIpc) is 3.50. The molecule has 2 aromatic heterocycles. The summed E-state index contributed by atoms with van der Waals surface area (Å²) in [5.74, 6) is 2.23. The Bertz CT molecular complexity index is 964. The normalized spacial score (nSPS) is 25.9. The molecule has 0 saturated heterocycles. The Kier molecular flexibility index (Phi) is 4.51. The number of carbonyl (C=O) groups excluding carboxylic acids is 1. The molecule has 0 radical (unpaired) electrons. The average molecular weight is 394 g/mol. The smallest absolute Gasteiger partial charge is 0.231 e. The van der Waals surface area contributed by atoms with Crippen molar-refractivity contribution >= 4 is 17.2 Å². The number of benzene rings is 1. The predicted molar refractivity (Wildman–Crippen MR) is 108 cm³/mol. The molecule has 144 valence electrons. The zero-order chi connectivity index (χ0) is 19.1.